The molecule has 0 aliphatic heterocycles. The molecule has 0 saturated heterocycles. The minimum atomic E-state index is -1.37. The van der Waals surface area contributed by atoms with Crippen LogP contribution in [0.2, 0.25) is 0 Å². The van der Waals surface area contributed by atoms with E-state index in [0.29, 0.717) is 12.5 Å². The number of rotatable bonds is 5. The number of aliphatic hydroxyl groups is 1. The summed E-state index contributed by atoms with van der Waals surface area (Å²) in [5.74, 6) is -4.10. The Bertz CT molecular complexity index is 397. The second-order valence-corrected chi connectivity index (χ2v) is 4.19. The van der Waals surface area contributed by atoms with Crippen LogP contribution in [0, 0.1) is 17.6 Å². The lowest BCUT2D eigenvalue weighted by molar-refractivity contribution is 0.0635. The van der Waals surface area contributed by atoms with Gasteiger partial charge in [-0.1, -0.05) is 13.3 Å². The lowest BCUT2D eigenvalue weighted by atomic mass is 10.0. The summed E-state index contributed by atoms with van der Waals surface area (Å²) in [6, 6.07) is 0.416. The lowest BCUT2D eigenvalue weighted by Crippen LogP contribution is -2.33. The van der Waals surface area contributed by atoms with Crippen LogP contribution in [0.5, 0.6) is 0 Å². The molecule has 1 aromatic heterocycles. The highest BCUT2D eigenvalue weighted by molar-refractivity contribution is 5.36. The van der Waals surface area contributed by atoms with Crippen LogP contribution in [0.15, 0.2) is 6.07 Å². The fraction of sp³-hybridized carbons (Fsp3) is 0.545. The Balaban J connectivity index is 2.73. The van der Waals surface area contributed by atoms with E-state index in [0.717, 1.165) is 6.42 Å². The van der Waals surface area contributed by atoms with Gasteiger partial charge in [0.25, 0.3) is 5.95 Å². The van der Waals surface area contributed by atoms with Gasteiger partial charge in [-0.05, 0) is 13.3 Å². The molecule has 3 nitrogen and oxygen atoms in total. The minimum Gasteiger partial charge on any atom is -0.388 e. The predicted molar refractivity (Wildman–Crippen MR) is 58.1 cm³/mol. The maximum Gasteiger partial charge on any atom is 0.251 e. The summed E-state index contributed by atoms with van der Waals surface area (Å²) in [5.41, 5.74) is -1.05. The monoisotopic (exact) mass is 248 g/mol. The van der Waals surface area contributed by atoms with Gasteiger partial charge in [-0.3, -0.25) is 0 Å². The molecular formula is C11H15F3N2O. The predicted octanol–water partition coefficient (Wildman–Crippen LogP) is 2.46. The third-order valence-corrected chi connectivity index (χ3v) is 2.31. The van der Waals surface area contributed by atoms with E-state index >= 15 is 0 Å². The molecule has 0 saturated carbocycles. The van der Waals surface area contributed by atoms with Crippen molar-refractivity contribution in [1.82, 2.24) is 4.98 Å². The van der Waals surface area contributed by atoms with Crippen LogP contribution in [0.3, 0.4) is 0 Å². The van der Waals surface area contributed by atoms with Crippen LogP contribution in [0.1, 0.15) is 26.7 Å². The van der Waals surface area contributed by atoms with E-state index in [1.807, 2.05) is 6.92 Å². The first-order valence-corrected chi connectivity index (χ1v) is 5.33. The van der Waals surface area contributed by atoms with Crippen molar-refractivity contribution in [3.8, 4) is 0 Å². The molecule has 0 aliphatic rings. The van der Waals surface area contributed by atoms with Gasteiger partial charge in [0, 0.05) is 12.6 Å². The van der Waals surface area contributed by atoms with Crippen LogP contribution >= 0.6 is 0 Å². The summed E-state index contributed by atoms with van der Waals surface area (Å²) in [7, 11) is 0. The summed E-state index contributed by atoms with van der Waals surface area (Å²) >= 11 is 0. The van der Waals surface area contributed by atoms with Gasteiger partial charge in [0.1, 0.15) is 0 Å². The molecule has 1 heterocycles. The van der Waals surface area contributed by atoms with Gasteiger partial charge in [-0.15, -0.1) is 0 Å². The number of aromatic nitrogens is 1. The first-order chi connectivity index (χ1) is 7.85. The van der Waals surface area contributed by atoms with Crippen LogP contribution in [-0.2, 0) is 0 Å². The number of nitrogens with one attached hydrogen (secondary N) is 1. The van der Waals surface area contributed by atoms with Crippen molar-refractivity contribution in [2.24, 2.45) is 0 Å². The van der Waals surface area contributed by atoms with Crippen molar-refractivity contribution in [2.45, 2.75) is 32.3 Å². The molecule has 1 unspecified atom stereocenters. The molecule has 0 radical (unpaired) electrons. The Morgan fingerprint density at radius 2 is 2.00 bits per heavy atom. The van der Waals surface area contributed by atoms with Crippen molar-refractivity contribution >= 4 is 5.82 Å². The molecule has 1 atom stereocenters. The SMILES string of the molecule is CCCC(C)(O)CNc1nc(F)c(F)cc1F. The molecule has 0 aromatic carbocycles. The fourth-order valence-corrected chi connectivity index (χ4v) is 1.47. The molecular weight excluding hydrogens is 233 g/mol. The van der Waals surface area contributed by atoms with Gasteiger partial charge in [0.05, 0.1) is 5.60 Å². The summed E-state index contributed by atoms with van der Waals surface area (Å²) in [5, 5.41) is 12.3. The zero-order valence-electron chi connectivity index (χ0n) is 9.73. The van der Waals surface area contributed by atoms with Crippen LogP contribution in [-0.4, -0.2) is 22.2 Å². The smallest absolute Gasteiger partial charge is 0.251 e. The van der Waals surface area contributed by atoms with Gasteiger partial charge in [0.2, 0.25) is 0 Å². The highest BCUT2D eigenvalue weighted by Gasteiger charge is 2.20. The van der Waals surface area contributed by atoms with Crippen molar-refractivity contribution < 1.29 is 18.3 Å². The Morgan fingerprint density at radius 1 is 1.35 bits per heavy atom. The first-order valence-electron chi connectivity index (χ1n) is 5.33. The first kappa shape index (κ1) is 13.8. The van der Waals surface area contributed by atoms with Gasteiger partial charge in [-0.2, -0.15) is 9.37 Å². The van der Waals surface area contributed by atoms with E-state index in [4.69, 9.17) is 0 Å². The fourth-order valence-electron chi connectivity index (χ4n) is 1.47. The van der Waals surface area contributed by atoms with Crippen LogP contribution in [0.25, 0.3) is 0 Å². The molecule has 1 aromatic rings. The topological polar surface area (TPSA) is 45.1 Å². The zero-order valence-corrected chi connectivity index (χ0v) is 9.73. The van der Waals surface area contributed by atoms with Gasteiger partial charge in [-0.25, -0.2) is 8.78 Å². The molecule has 0 amide bonds. The van der Waals surface area contributed by atoms with Crippen molar-refractivity contribution in [3.05, 3.63) is 23.6 Å². The molecule has 96 valence electrons. The Morgan fingerprint density at radius 3 is 2.59 bits per heavy atom. The third-order valence-electron chi connectivity index (χ3n) is 2.31. The van der Waals surface area contributed by atoms with E-state index in [2.05, 4.69) is 10.3 Å². The number of hydrogen-bond acceptors (Lipinski definition) is 3. The largest absolute Gasteiger partial charge is 0.388 e. The Kier molecular flexibility index (Phi) is 4.34. The average molecular weight is 248 g/mol. The Labute approximate surface area is 97.7 Å². The van der Waals surface area contributed by atoms with Crippen molar-refractivity contribution in [1.29, 1.82) is 0 Å². The van der Waals surface area contributed by atoms with E-state index in [9.17, 15) is 18.3 Å². The van der Waals surface area contributed by atoms with Crippen molar-refractivity contribution in [2.75, 3.05) is 11.9 Å². The van der Waals surface area contributed by atoms with Gasteiger partial charge < -0.3 is 10.4 Å². The molecule has 1 rings (SSSR count). The molecule has 2 N–H and O–H groups in total. The second kappa shape index (κ2) is 5.35. The van der Waals surface area contributed by atoms with E-state index < -0.39 is 29.0 Å². The van der Waals surface area contributed by atoms with E-state index in [-0.39, 0.29) is 6.54 Å². The van der Waals surface area contributed by atoms with E-state index in [1.165, 1.54) is 0 Å². The highest BCUT2D eigenvalue weighted by atomic mass is 19.2. The number of anilines is 1. The highest BCUT2D eigenvalue weighted by Crippen LogP contribution is 2.17. The average Bonchev–Trinajstić information content (AvgIpc) is 2.21. The van der Waals surface area contributed by atoms with Crippen LogP contribution in [0.4, 0.5) is 19.0 Å². The number of hydrogen-bond donors (Lipinski definition) is 2. The third kappa shape index (κ3) is 3.89. The minimum absolute atomic E-state index is 0.00975. The summed E-state index contributed by atoms with van der Waals surface area (Å²) < 4.78 is 38.5. The maximum atomic E-state index is 13.2. The van der Waals surface area contributed by atoms with Crippen LogP contribution < -0.4 is 5.32 Å². The van der Waals surface area contributed by atoms with Crippen molar-refractivity contribution in [3.63, 3.8) is 0 Å². The van der Waals surface area contributed by atoms with Gasteiger partial charge in [0.15, 0.2) is 17.5 Å². The standard InChI is InChI=1S/C11H15F3N2O/c1-3-4-11(2,17)6-15-10-8(13)5-7(12)9(14)16-10/h5,17H,3-4,6H2,1-2H3,(H,15,16). The molecule has 6 heteroatoms. The molecule has 0 aliphatic carbocycles. The molecule has 0 fully saturated rings. The second-order valence-electron chi connectivity index (χ2n) is 4.19. The normalized spacial score (nSPS) is 14.5. The molecule has 0 spiro atoms. The zero-order chi connectivity index (χ0) is 13.1. The number of halogens is 3. The summed E-state index contributed by atoms with van der Waals surface area (Å²) in [4.78, 5) is 3.10. The Hall–Kier alpha value is -1.30. The number of nitrogens with zero attached hydrogens (tertiary/aromatic N) is 1. The lowest BCUT2D eigenvalue weighted by Gasteiger charge is -2.23. The number of pyridine rings is 1. The maximum absolute atomic E-state index is 13.2. The quantitative estimate of drug-likeness (QED) is 0.787. The molecule has 0 bridgehead atoms. The summed E-state index contributed by atoms with van der Waals surface area (Å²) in [6.45, 7) is 3.47. The van der Waals surface area contributed by atoms with E-state index in [1.54, 1.807) is 6.92 Å². The molecule has 17 heavy (non-hydrogen) atoms. The van der Waals surface area contributed by atoms with Gasteiger partial charge >= 0.3 is 0 Å². The summed E-state index contributed by atoms with van der Waals surface area (Å²) in [6.07, 6.45) is 1.26.